The van der Waals surface area contributed by atoms with Crippen molar-refractivity contribution in [2.75, 3.05) is 7.05 Å². The van der Waals surface area contributed by atoms with Gasteiger partial charge in [-0.05, 0) is 26.8 Å². The highest BCUT2D eigenvalue weighted by molar-refractivity contribution is 7.12. The quantitative estimate of drug-likeness (QED) is 0.806. The van der Waals surface area contributed by atoms with Crippen LogP contribution in [0, 0.1) is 6.92 Å². The first-order valence-corrected chi connectivity index (χ1v) is 5.78. The molecule has 0 spiro atoms. The van der Waals surface area contributed by atoms with Gasteiger partial charge in [0, 0.05) is 0 Å². The number of nitrogens with zero attached hydrogens (tertiary/aromatic N) is 1. The van der Waals surface area contributed by atoms with Gasteiger partial charge < -0.3 is 10.4 Å². The predicted octanol–water partition coefficient (Wildman–Crippen LogP) is 1.75. The van der Waals surface area contributed by atoms with E-state index in [-0.39, 0.29) is 0 Å². The molecule has 1 rings (SSSR count). The second-order valence-electron chi connectivity index (χ2n) is 3.37. The molecule has 0 saturated heterocycles. The Morgan fingerprint density at radius 3 is 2.80 bits per heavy atom. The predicted molar refractivity (Wildman–Crippen MR) is 60.3 cm³/mol. The van der Waals surface area contributed by atoms with Gasteiger partial charge in [-0.1, -0.05) is 6.92 Å². The van der Waals surface area contributed by atoms with Gasteiger partial charge >= 0.3 is 5.97 Å². The van der Waals surface area contributed by atoms with E-state index < -0.39 is 12.0 Å². The van der Waals surface area contributed by atoms with Crippen molar-refractivity contribution in [3.05, 3.63) is 15.6 Å². The molecule has 1 unspecified atom stereocenters. The third-order valence-electron chi connectivity index (χ3n) is 2.14. The van der Waals surface area contributed by atoms with Gasteiger partial charge in [0.25, 0.3) is 0 Å². The fourth-order valence-corrected chi connectivity index (χ4v) is 2.69. The SMILES string of the molecule is CCCc1nc(C)c(C(NC)C(=O)O)s1. The molecule has 0 bridgehead atoms. The summed E-state index contributed by atoms with van der Waals surface area (Å²) in [4.78, 5) is 16.1. The molecule has 84 valence electrons. The first kappa shape index (κ1) is 12.1. The topological polar surface area (TPSA) is 62.2 Å². The van der Waals surface area contributed by atoms with E-state index in [1.165, 1.54) is 11.3 Å². The van der Waals surface area contributed by atoms with E-state index in [2.05, 4.69) is 17.2 Å². The lowest BCUT2D eigenvalue weighted by Gasteiger charge is -2.08. The van der Waals surface area contributed by atoms with Crippen LogP contribution in [-0.2, 0) is 11.2 Å². The van der Waals surface area contributed by atoms with Crippen molar-refractivity contribution in [1.29, 1.82) is 0 Å². The van der Waals surface area contributed by atoms with Crippen molar-refractivity contribution >= 4 is 17.3 Å². The Bertz CT molecular complexity index is 349. The van der Waals surface area contributed by atoms with E-state index in [4.69, 9.17) is 5.11 Å². The Balaban J connectivity index is 2.96. The summed E-state index contributed by atoms with van der Waals surface area (Å²) in [6.07, 6.45) is 1.95. The monoisotopic (exact) mass is 228 g/mol. The van der Waals surface area contributed by atoms with Crippen LogP contribution < -0.4 is 5.32 Å². The van der Waals surface area contributed by atoms with Crippen LogP contribution in [0.1, 0.15) is 35.0 Å². The van der Waals surface area contributed by atoms with Crippen LogP contribution in [-0.4, -0.2) is 23.1 Å². The van der Waals surface area contributed by atoms with E-state index in [0.29, 0.717) is 0 Å². The molecule has 0 aliphatic carbocycles. The molecular weight excluding hydrogens is 212 g/mol. The van der Waals surface area contributed by atoms with Crippen LogP contribution in [0.15, 0.2) is 0 Å². The minimum absolute atomic E-state index is 0.631. The molecule has 1 atom stereocenters. The summed E-state index contributed by atoms with van der Waals surface area (Å²) >= 11 is 1.49. The van der Waals surface area contributed by atoms with Gasteiger partial charge in [-0.25, -0.2) is 4.98 Å². The number of carboxylic acid groups (broad SMARTS) is 1. The van der Waals surface area contributed by atoms with Gasteiger partial charge in [-0.15, -0.1) is 11.3 Å². The van der Waals surface area contributed by atoms with Crippen molar-refractivity contribution in [2.24, 2.45) is 0 Å². The Labute approximate surface area is 93.4 Å². The van der Waals surface area contributed by atoms with Gasteiger partial charge in [0.2, 0.25) is 0 Å². The lowest BCUT2D eigenvalue weighted by molar-refractivity contribution is -0.139. The third-order valence-corrected chi connectivity index (χ3v) is 3.42. The molecule has 1 aromatic heterocycles. The molecule has 0 amide bonds. The van der Waals surface area contributed by atoms with Crippen molar-refractivity contribution < 1.29 is 9.90 Å². The average molecular weight is 228 g/mol. The fourth-order valence-electron chi connectivity index (χ4n) is 1.42. The number of aryl methyl sites for hydroxylation is 2. The van der Waals surface area contributed by atoms with Crippen LogP contribution in [0.25, 0.3) is 0 Å². The summed E-state index contributed by atoms with van der Waals surface area (Å²) in [6, 6.07) is -0.631. The lowest BCUT2D eigenvalue weighted by Crippen LogP contribution is -2.24. The first-order chi connectivity index (χ1) is 7.10. The lowest BCUT2D eigenvalue weighted by atomic mass is 10.2. The second kappa shape index (κ2) is 5.23. The summed E-state index contributed by atoms with van der Waals surface area (Å²) in [5, 5.41) is 12.8. The number of rotatable bonds is 5. The zero-order chi connectivity index (χ0) is 11.4. The van der Waals surface area contributed by atoms with E-state index in [9.17, 15) is 4.79 Å². The number of aromatic nitrogens is 1. The molecule has 0 saturated carbocycles. The van der Waals surface area contributed by atoms with Crippen LogP contribution >= 0.6 is 11.3 Å². The summed E-state index contributed by atoms with van der Waals surface area (Å²) in [5.74, 6) is -0.854. The van der Waals surface area contributed by atoms with Gasteiger partial charge in [0.15, 0.2) is 0 Å². The van der Waals surface area contributed by atoms with Crippen molar-refractivity contribution in [3.63, 3.8) is 0 Å². The smallest absolute Gasteiger partial charge is 0.326 e. The molecule has 1 heterocycles. The van der Waals surface area contributed by atoms with Crippen LogP contribution in [0.5, 0.6) is 0 Å². The second-order valence-corrected chi connectivity index (χ2v) is 4.48. The molecule has 0 fully saturated rings. The minimum atomic E-state index is -0.854. The third kappa shape index (κ3) is 2.76. The van der Waals surface area contributed by atoms with Gasteiger partial charge in [-0.2, -0.15) is 0 Å². The number of thiazole rings is 1. The number of nitrogens with one attached hydrogen (secondary N) is 1. The maximum atomic E-state index is 11.0. The highest BCUT2D eigenvalue weighted by Crippen LogP contribution is 2.25. The largest absolute Gasteiger partial charge is 0.480 e. The molecule has 4 nitrogen and oxygen atoms in total. The van der Waals surface area contributed by atoms with Crippen LogP contribution in [0.3, 0.4) is 0 Å². The van der Waals surface area contributed by atoms with E-state index in [0.717, 1.165) is 28.4 Å². The zero-order valence-electron chi connectivity index (χ0n) is 9.20. The highest BCUT2D eigenvalue weighted by Gasteiger charge is 2.22. The Kier molecular flexibility index (Phi) is 4.23. The Morgan fingerprint density at radius 2 is 2.33 bits per heavy atom. The van der Waals surface area contributed by atoms with Crippen molar-refractivity contribution in [3.8, 4) is 0 Å². The molecule has 15 heavy (non-hydrogen) atoms. The first-order valence-electron chi connectivity index (χ1n) is 4.96. The van der Waals surface area contributed by atoms with Gasteiger partial charge in [0.1, 0.15) is 6.04 Å². The van der Waals surface area contributed by atoms with Gasteiger partial charge in [-0.3, -0.25) is 4.79 Å². The number of hydrogen-bond donors (Lipinski definition) is 2. The van der Waals surface area contributed by atoms with E-state index in [1.807, 2.05) is 6.92 Å². The fraction of sp³-hybridized carbons (Fsp3) is 0.600. The molecule has 0 aromatic carbocycles. The van der Waals surface area contributed by atoms with E-state index in [1.54, 1.807) is 7.05 Å². The minimum Gasteiger partial charge on any atom is -0.480 e. The number of aliphatic carboxylic acids is 1. The number of carboxylic acids is 1. The van der Waals surface area contributed by atoms with Crippen LogP contribution in [0.2, 0.25) is 0 Å². The molecule has 0 radical (unpaired) electrons. The maximum absolute atomic E-state index is 11.0. The molecular formula is C10H16N2O2S. The molecule has 0 aliphatic heterocycles. The van der Waals surface area contributed by atoms with Crippen molar-refractivity contribution in [2.45, 2.75) is 32.7 Å². The number of hydrogen-bond acceptors (Lipinski definition) is 4. The Morgan fingerprint density at radius 1 is 1.67 bits per heavy atom. The normalized spacial score (nSPS) is 12.7. The average Bonchev–Trinajstić information content (AvgIpc) is 2.49. The molecule has 0 aliphatic rings. The summed E-state index contributed by atoms with van der Waals surface area (Å²) in [7, 11) is 1.65. The summed E-state index contributed by atoms with van der Waals surface area (Å²) < 4.78 is 0. The van der Waals surface area contributed by atoms with Crippen molar-refractivity contribution in [1.82, 2.24) is 10.3 Å². The number of carbonyl (C=O) groups is 1. The standard InChI is InChI=1S/C10H16N2O2S/c1-4-5-7-12-6(2)9(15-7)8(11-3)10(13)14/h8,11H,4-5H2,1-3H3,(H,13,14). The Hall–Kier alpha value is -0.940. The van der Waals surface area contributed by atoms with Crippen LogP contribution in [0.4, 0.5) is 0 Å². The highest BCUT2D eigenvalue weighted by atomic mass is 32.1. The number of likely N-dealkylation sites (N-methyl/N-ethyl adjacent to an activating group) is 1. The summed E-state index contributed by atoms with van der Waals surface area (Å²) in [6.45, 7) is 3.95. The summed E-state index contributed by atoms with van der Waals surface area (Å²) in [5.41, 5.74) is 0.824. The van der Waals surface area contributed by atoms with E-state index >= 15 is 0 Å². The van der Waals surface area contributed by atoms with Gasteiger partial charge in [0.05, 0.1) is 15.6 Å². The zero-order valence-corrected chi connectivity index (χ0v) is 10.0. The maximum Gasteiger partial charge on any atom is 0.326 e. The molecule has 1 aromatic rings. The molecule has 5 heteroatoms. The molecule has 2 N–H and O–H groups in total.